The van der Waals surface area contributed by atoms with E-state index in [2.05, 4.69) is 29.3 Å². The minimum Gasteiger partial charge on any atom is -0.325 e. The number of rotatable bonds is 7. The van der Waals surface area contributed by atoms with Crippen LogP contribution in [0.4, 0.5) is 5.69 Å². The van der Waals surface area contributed by atoms with Gasteiger partial charge < -0.3 is 5.32 Å². The third-order valence-electron chi connectivity index (χ3n) is 5.84. The first-order valence-corrected chi connectivity index (χ1v) is 11.3. The second-order valence-electron chi connectivity index (χ2n) is 8.46. The van der Waals surface area contributed by atoms with Crippen molar-refractivity contribution in [3.8, 4) is 0 Å². The summed E-state index contributed by atoms with van der Waals surface area (Å²) in [5, 5.41) is 2.89. The van der Waals surface area contributed by atoms with E-state index in [0.29, 0.717) is 25.2 Å². The zero-order valence-corrected chi connectivity index (χ0v) is 18.8. The maximum Gasteiger partial charge on any atom is 0.257 e. The lowest BCUT2D eigenvalue weighted by Crippen LogP contribution is -2.40. The van der Waals surface area contributed by atoms with Gasteiger partial charge in [0.15, 0.2) is 0 Å². The molecule has 1 aliphatic rings. The Hall–Kier alpha value is -3.25. The Morgan fingerprint density at radius 3 is 2.56 bits per heavy atom. The van der Waals surface area contributed by atoms with Crippen LogP contribution in [0.25, 0.3) is 0 Å². The number of carbonyl (C=O) groups is 1. The van der Waals surface area contributed by atoms with E-state index in [1.54, 1.807) is 4.57 Å². The van der Waals surface area contributed by atoms with Crippen molar-refractivity contribution < 1.29 is 4.79 Å². The number of hydrogen-bond acceptors (Lipinski definition) is 4. The Kier molecular flexibility index (Phi) is 6.81. The van der Waals surface area contributed by atoms with Crippen molar-refractivity contribution in [1.82, 2.24) is 14.5 Å². The van der Waals surface area contributed by atoms with Gasteiger partial charge in [-0.1, -0.05) is 55.0 Å². The molecule has 0 radical (unpaired) electrons. The molecular weight excluding hydrogens is 400 g/mol. The fraction of sp³-hybridized carbons (Fsp3) is 0.346. The van der Waals surface area contributed by atoms with Crippen LogP contribution in [-0.4, -0.2) is 26.9 Å². The topological polar surface area (TPSA) is 67.2 Å². The number of benzene rings is 2. The van der Waals surface area contributed by atoms with Gasteiger partial charge in [0.05, 0.1) is 5.69 Å². The van der Waals surface area contributed by atoms with E-state index >= 15 is 0 Å². The fourth-order valence-electron chi connectivity index (χ4n) is 4.17. The maximum atomic E-state index is 13.3. The number of amides is 1. The predicted molar refractivity (Wildman–Crippen MR) is 127 cm³/mol. The van der Waals surface area contributed by atoms with Gasteiger partial charge in [-0.05, 0) is 37.5 Å². The molecule has 2 aromatic carbocycles. The molecule has 0 aliphatic carbocycles. The standard InChI is InChI=1S/C26H30N4O2/c1-3-7-24-28-23-17-29(16-20-8-5-4-6-9-20)15-14-22(23)26(32)30(24)18-25(31)27-21-12-10-19(2)11-13-21/h4-6,8-13H,3,7,14-18H2,1-2H3,(H,27,31). The van der Waals surface area contributed by atoms with Crippen molar-refractivity contribution in [3.05, 3.63) is 93.2 Å². The molecule has 1 aromatic heterocycles. The highest BCUT2D eigenvalue weighted by Crippen LogP contribution is 2.18. The highest BCUT2D eigenvalue weighted by Gasteiger charge is 2.24. The number of fused-ring (bicyclic) bond motifs is 1. The smallest absolute Gasteiger partial charge is 0.257 e. The van der Waals surface area contributed by atoms with Gasteiger partial charge in [-0.15, -0.1) is 0 Å². The molecule has 0 atom stereocenters. The maximum absolute atomic E-state index is 13.3. The molecule has 4 rings (SSSR count). The Labute approximate surface area is 188 Å². The normalized spacial score (nSPS) is 13.6. The molecule has 1 aliphatic heterocycles. The number of hydrogen-bond donors (Lipinski definition) is 1. The molecule has 6 nitrogen and oxygen atoms in total. The van der Waals surface area contributed by atoms with Crippen molar-refractivity contribution >= 4 is 11.6 Å². The summed E-state index contributed by atoms with van der Waals surface area (Å²) in [5.41, 5.74) is 4.65. The zero-order chi connectivity index (χ0) is 22.5. The average molecular weight is 431 g/mol. The van der Waals surface area contributed by atoms with Crippen molar-refractivity contribution in [2.45, 2.75) is 52.7 Å². The third-order valence-corrected chi connectivity index (χ3v) is 5.84. The number of aryl methyl sites for hydroxylation is 2. The third kappa shape index (κ3) is 5.14. The lowest BCUT2D eigenvalue weighted by Gasteiger charge is -2.29. The summed E-state index contributed by atoms with van der Waals surface area (Å²) in [6.07, 6.45) is 2.18. The van der Waals surface area contributed by atoms with E-state index in [4.69, 9.17) is 4.98 Å². The molecule has 166 valence electrons. The molecule has 0 spiro atoms. The van der Waals surface area contributed by atoms with Crippen LogP contribution in [0.5, 0.6) is 0 Å². The molecule has 32 heavy (non-hydrogen) atoms. The van der Waals surface area contributed by atoms with Gasteiger partial charge in [0.25, 0.3) is 5.56 Å². The van der Waals surface area contributed by atoms with Crippen LogP contribution in [-0.2, 0) is 37.3 Å². The van der Waals surface area contributed by atoms with Crippen molar-refractivity contribution in [3.63, 3.8) is 0 Å². The molecular formula is C26H30N4O2. The summed E-state index contributed by atoms with van der Waals surface area (Å²) in [6, 6.07) is 18.0. The molecule has 2 heterocycles. The highest BCUT2D eigenvalue weighted by molar-refractivity contribution is 5.90. The first kappa shape index (κ1) is 22.0. The number of carbonyl (C=O) groups excluding carboxylic acids is 1. The van der Waals surface area contributed by atoms with Crippen molar-refractivity contribution in [2.75, 3.05) is 11.9 Å². The van der Waals surface area contributed by atoms with Gasteiger partial charge in [0.1, 0.15) is 12.4 Å². The Bertz CT molecular complexity index is 1140. The van der Waals surface area contributed by atoms with Gasteiger partial charge in [-0.25, -0.2) is 4.98 Å². The van der Waals surface area contributed by atoms with E-state index in [0.717, 1.165) is 42.0 Å². The molecule has 1 N–H and O–H groups in total. The van der Waals surface area contributed by atoms with Crippen LogP contribution in [0.15, 0.2) is 59.4 Å². The molecule has 0 bridgehead atoms. The lowest BCUT2D eigenvalue weighted by molar-refractivity contribution is -0.116. The van der Waals surface area contributed by atoms with Gasteiger partial charge in [0.2, 0.25) is 5.91 Å². The number of nitrogens with zero attached hydrogens (tertiary/aromatic N) is 3. The number of nitrogens with one attached hydrogen (secondary N) is 1. The van der Waals surface area contributed by atoms with Crippen molar-refractivity contribution in [1.29, 1.82) is 0 Å². The van der Waals surface area contributed by atoms with E-state index in [1.807, 2.05) is 49.4 Å². The summed E-state index contributed by atoms with van der Waals surface area (Å²) in [7, 11) is 0. The first-order chi connectivity index (χ1) is 15.5. The summed E-state index contributed by atoms with van der Waals surface area (Å²) in [5.74, 6) is 0.480. The summed E-state index contributed by atoms with van der Waals surface area (Å²) >= 11 is 0. The first-order valence-electron chi connectivity index (χ1n) is 11.3. The monoisotopic (exact) mass is 430 g/mol. The number of anilines is 1. The SMILES string of the molecule is CCCc1nc2c(c(=O)n1CC(=O)Nc1ccc(C)cc1)CCN(Cc1ccccc1)C2. The minimum absolute atomic E-state index is 0.0178. The van der Waals surface area contributed by atoms with E-state index in [-0.39, 0.29) is 18.0 Å². The van der Waals surface area contributed by atoms with E-state index in [9.17, 15) is 9.59 Å². The molecule has 0 saturated heterocycles. The average Bonchev–Trinajstić information content (AvgIpc) is 2.79. The molecule has 6 heteroatoms. The van der Waals surface area contributed by atoms with Gasteiger partial charge >= 0.3 is 0 Å². The molecule has 3 aromatic rings. The Morgan fingerprint density at radius 1 is 1.09 bits per heavy atom. The van der Waals surface area contributed by atoms with Crippen LogP contribution >= 0.6 is 0 Å². The second kappa shape index (κ2) is 9.92. The van der Waals surface area contributed by atoms with Gasteiger partial charge in [-0.2, -0.15) is 0 Å². The molecule has 0 fully saturated rings. The van der Waals surface area contributed by atoms with E-state index < -0.39 is 0 Å². The summed E-state index contributed by atoms with van der Waals surface area (Å²) in [6.45, 7) is 6.35. The van der Waals surface area contributed by atoms with Gasteiger partial charge in [0, 0.05) is 37.3 Å². The molecule has 0 unspecified atom stereocenters. The van der Waals surface area contributed by atoms with Crippen LogP contribution in [0.3, 0.4) is 0 Å². The molecule has 0 saturated carbocycles. The molecule has 1 amide bonds. The Morgan fingerprint density at radius 2 is 1.84 bits per heavy atom. The van der Waals surface area contributed by atoms with Crippen LogP contribution < -0.4 is 10.9 Å². The number of aromatic nitrogens is 2. The predicted octanol–water partition coefficient (Wildman–Crippen LogP) is 3.70. The summed E-state index contributed by atoms with van der Waals surface area (Å²) < 4.78 is 1.57. The van der Waals surface area contributed by atoms with Gasteiger partial charge in [-0.3, -0.25) is 19.1 Å². The van der Waals surface area contributed by atoms with Crippen LogP contribution in [0.1, 0.15) is 41.6 Å². The zero-order valence-electron chi connectivity index (χ0n) is 18.8. The van der Waals surface area contributed by atoms with Crippen LogP contribution in [0, 0.1) is 6.92 Å². The lowest BCUT2D eigenvalue weighted by atomic mass is 10.0. The highest BCUT2D eigenvalue weighted by atomic mass is 16.2. The van der Waals surface area contributed by atoms with Crippen molar-refractivity contribution in [2.24, 2.45) is 0 Å². The van der Waals surface area contributed by atoms with Crippen LogP contribution in [0.2, 0.25) is 0 Å². The van der Waals surface area contributed by atoms with E-state index in [1.165, 1.54) is 5.56 Å². The minimum atomic E-state index is -0.212. The second-order valence-corrected chi connectivity index (χ2v) is 8.46. The quantitative estimate of drug-likeness (QED) is 0.621. The fourth-order valence-corrected chi connectivity index (χ4v) is 4.17. The summed E-state index contributed by atoms with van der Waals surface area (Å²) in [4.78, 5) is 33.2. The largest absolute Gasteiger partial charge is 0.325 e. The Balaban J connectivity index is 1.54.